The second-order valence-corrected chi connectivity index (χ2v) is 7.34. The van der Waals surface area contributed by atoms with Gasteiger partial charge < -0.3 is 15.7 Å². The van der Waals surface area contributed by atoms with Crippen LogP contribution in [-0.4, -0.2) is 41.1 Å². The van der Waals surface area contributed by atoms with E-state index in [1.54, 1.807) is 30.0 Å². The topological polar surface area (TPSA) is 78.4 Å². The Morgan fingerprint density at radius 3 is 2.76 bits per heavy atom. The smallest absolute Gasteiger partial charge is 0.337 e. The number of carbonyl (C=O) groups excluding carboxylic acids is 1. The molecule has 0 bridgehead atoms. The third-order valence-electron chi connectivity index (χ3n) is 3.22. The number of hydrogen-bond acceptors (Lipinski definition) is 4. The highest BCUT2D eigenvalue weighted by atomic mass is 127. The summed E-state index contributed by atoms with van der Waals surface area (Å²) < 4.78 is 0.826. The maximum Gasteiger partial charge on any atom is 0.337 e. The van der Waals surface area contributed by atoms with Crippen LogP contribution in [0.2, 0.25) is 0 Å². The fraction of sp³-hybridized carbons (Fsp3) is 0.429. The Morgan fingerprint density at radius 2 is 2.10 bits per heavy atom. The number of thioether (sulfide) groups is 1. The van der Waals surface area contributed by atoms with Crippen molar-refractivity contribution in [2.24, 2.45) is 0 Å². The summed E-state index contributed by atoms with van der Waals surface area (Å²) in [5.41, 5.74) is 0.487. The van der Waals surface area contributed by atoms with Crippen LogP contribution in [0.4, 0.5) is 5.69 Å². The zero-order valence-electron chi connectivity index (χ0n) is 11.4. The average Bonchev–Trinajstić information content (AvgIpc) is 2.48. The molecule has 1 aliphatic heterocycles. The first kappa shape index (κ1) is 16.6. The van der Waals surface area contributed by atoms with Gasteiger partial charge in [0.25, 0.3) is 0 Å². The molecule has 1 amide bonds. The van der Waals surface area contributed by atoms with E-state index in [1.807, 2.05) is 22.6 Å². The molecule has 1 aliphatic rings. The molecule has 2 rings (SSSR count). The molecule has 1 saturated heterocycles. The number of amides is 1. The van der Waals surface area contributed by atoms with Gasteiger partial charge in [-0.3, -0.25) is 4.79 Å². The second-order valence-electron chi connectivity index (χ2n) is 4.80. The molecule has 1 aromatic rings. The number of anilines is 1. The van der Waals surface area contributed by atoms with E-state index < -0.39 is 5.97 Å². The highest BCUT2D eigenvalue weighted by Gasteiger charge is 2.17. The Kier molecular flexibility index (Phi) is 6.31. The molecular formula is C14H17IN2O3S. The number of benzene rings is 1. The van der Waals surface area contributed by atoms with Gasteiger partial charge in [-0.1, -0.05) is 0 Å². The van der Waals surface area contributed by atoms with Crippen molar-refractivity contribution >= 4 is 51.9 Å². The summed E-state index contributed by atoms with van der Waals surface area (Å²) in [5, 5.41) is 15.7. The van der Waals surface area contributed by atoms with Crippen LogP contribution in [0.25, 0.3) is 0 Å². The highest BCUT2D eigenvalue weighted by Crippen LogP contribution is 2.22. The SMILES string of the molecule is O=C(CSC1CCNCC1)Nc1ccc(I)cc1C(=O)O. The lowest BCUT2D eigenvalue weighted by molar-refractivity contribution is -0.113. The van der Waals surface area contributed by atoms with E-state index in [0.29, 0.717) is 16.7 Å². The number of carboxylic acid groups (broad SMARTS) is 1. The predicted molar refractivity (Wildman–Crippen MR) is 93.1 cm³/mol. The minimum absolute atomic E-state index is 0.127. The van der Waals surface area contributed by atoms with Crippen LogP contribution >= 0.6 is 34.4 Å². The van der Waals surface area contributed by atoms with Gasteiger partial charge in [0.1, 0.15) is 0 Å². The first-order valence-corrected chi connectivity index (χ1v) is 8.84. The molecule has 7 heteroatoms. The van der Waals surface area contributed by atoms with Gasteiger partial charge in [-0.05, 0) is 66.7 Å². The first-order valence-electron chi connectivity index (χ1n) is 6.71. The number of halogens is 1. The van der Waals surface area contributed by atoms with Gasteiger partial charge in [-0.15, -0.1) is 11.8 Å². The normalized spacial score (nSPS) is 15.7. The van der Waals surface area contributed by atoms with Crippen LogP contribution in [-0.2, 0) is 4.79 Å². The van der Waals surface area contributed by atoms with Crippen LogP contribution in [0.3, 0.4) is 0 Å². The van der Waals surface area contributed by atoms with Crippen LogP contribution < -0.4 is 10.6 Å². The Hall–Kier alpha value is -0.800. The van der Waals surface area contributed by atoms with Gasteiger partial charge in [-0.25, -0.2) is 4.79 Å². The zero-order chi connectivity index (χ0) is 15.2. The van der Waals surface area contributed by atoms with Crippen molar-refractivity contribution in [2.75, 3.05) is 24.2 Å². The summed E-state index contributed by atoms with van der Waals surface area (Å²) in [7, 11) is 0. The molecular weight excluding hydrogens is 403 g/mol. The molecule has 1 aromatic carbocycles. The maximum absolute atomic E-state index is 12.0. The number of carboxylic acids is 1. The van der Waals surface area contributed by atoms with Gasteiger partial charge in [0, 0.05) is 8.82 Å². The van der Waals surface area contributed by atoms with E-state index in [4.69, 9.17) is 5.11 Å². The predicted octanol–water partition coefficient (Wildman–Crippen LogP) is 2.41. The van der Waals surface area contributed by atoms with Crippen molar-refractivity contribution in [3.63, 3.8) is 0 Å². The Bertz CT molecular complexity index is 533. The molecule has 0 atom stereocenters. The Morgan fingerprint density at radius 1 is 1.38 bits per heavy atom. The molecule has 3 N–H and O–H groups in total. The van der Waals surface area contributed by atoms with E-state index in [1.165, 1.54) is 0 Å². The number of nitrogens with one attached hydrogen (secondary N) is 2. The van der Waals surface area contributed by atoms with Crippen LogP contribution in [0.1, 0.15) is 23.2 Å². The lowest BCUT2D eigenvalue weighted by Crippen LogP contribution is -2.30. The molecule has 0 spiro atoms. The van der Waals surface area contributed by atoms with Crippen molar-refractivity contribution in [2.45, 2.75) is 18.1 Å². The van der Waals surface area contributed by atoms with Crippen LogP contribution in [0, 0.1) is 3.57 Å². The third-order valence-corrected chi connectivity index (χ3v) is 5.27. The summed E-state index contributed by atoms with van der Waals surface area (Å²) >= 11 is 3.69. The molecule has 0 radical (unpaired) electrons. The number of aromatic carboxylic acids is 1. The van der Waals surface area contributed by atoms with Gasteiger partial charge in [0.2, 0.25) is 5.91 Å². The largest absolute Gasteiger partial charge is 0.478 e. The first-order chi connectivity index (χ1) is 10.1. The number of piperidine rings is 1. The molecule has 5 nitrogen and oxygen atoms in total. The van der Waals surface area contributed by atoms with Gasteiger partial charge in [0.05, 0.1) is 17.0 Å². The average molecular weight is 420 g/mol. The Balaban J connectivity index is 1.91. The minimum atomic E-state index is -1.03. The monoisotopic (exact) mass is 420 g/mol. The molecule has 0 aromatic heterocycles. The van der Waals surface area contributed by atoms with Crippen LogP contribution in [0.15, 0.2) is 18.2 Å². The fourth-order valence-electron chi connectivity index (χ4n) is 2.14. The lowest BCUT2D eigenvalue weighted by atomic mass is 10.2. The van der Waals surface area contributed by atoms with Gasteiger partial charge >= 0.3 is 5.97 Å². The minimum Gasteiger partial charge on any atom is -0.478 e. The summed E-state index contributed by atoms with van der Waals surface area (Å²) in [5.74, 6) is -0.826. The second kappa shape index (κ2) is 8.00. The van der Waals surface area contributed by atoms with Crippen molar-refractivity contribution in [3.05, 3.63) is 27.3 Å². The molecule has 0 saturated carbocycles. The van der Waals surface area contributed by atoms with Crippen molar-refractivity contribution in [1.82, 2.24) is 5.32 Å². The van der Waals surface area contributed by atoms with E-state index in [9.17, 15) is 9.59 Å². The number of rotatable bonds is 5. The molecule has 21 heavy (non-hydrogen) atoms. The highest BCUT2D eigenvalue weighted by molar-refractivity contribution is 14.1. The molecule has 114 valence electrons. The van der Waals surface area contributed by atoms with E-state index >= 15 is 0 Å². The molecule has 0 aliphatic carbocycles. The van der Waals surface area contributed by atoms with E-state index in [2.05, 4.69) is 10.6 Å². The summed E-state index contributed by atoms with van der Waals surface area (Å²) in [6.45, 7) is 2.00. The quantitative estimate of drug-likeness (QED) is 0.638. The Labute approximate surface area is 141 Å². The van der Waals surface area contributed by atoms with E-state index in [-0.39, 0.29) is 11.5 Å². The van der Waals surface area contributed by atoms with Gasteiger partial charge in [-0.2, -0.15) is 0 Å². The number of hydrogen-bond donors (Lipinski definition) is 3. The zero-order valence-corrected chi connectivity index (χ0v) is 14.4. The van der Waals surface area contributed by atoms with Gasteiger partial charge in [0.15, 0.2) is 0 Å². The third kappa shape index (κ3) is 5.15. The number of carbonyl (C=O) groups is 2. The molecule has 0 unspecified atom stereocenters. The van der Waals surface area contributed by atoms with Crippen molar-refractivity contribution in [1.29, 1.82) is 0 Å². The fourth-order valence-corrected chi connectivity index (χ4v) is 3.66. The van der Waals surface area contributed by atoms with E-state index in [0.717, 1.165) is 29.5 Å². The summed E-state index contributed by atoms with van der Waals surface area (Å²) in [4.78, 5) is 23.2. The standard InChI is InChI=1S/C14H17IN2O3S/c15-9-1-2-12(11(7-9)14(19)20)17-13(18)8-21-10-3-5-16-6-4-10/h1-2,7,10,16H,3-6,8H2,(H,17,18)(H,19,20). The lowest BCUT2D eigenvalue weighted by Gasteiger charge is -2.21. The maximum atomic E-state index is 12.0. The van der Waals surface area contributed by atoms with Crippen molar-refractivity contribution < 1.29 is 14.7 Å². The molecule has 1 fully saturated rings. The summed E-state index contributed by atoms with van der Waals surface area (Å²) in [6, 6.07) is 4.97. The summed E-state index contributed by atoms with van der Waals surface area (Å²) in [6.07, 6.45) is 2.14. The molecule has 1 heterocycles. The van der Waals surface area contributed by atoms with Crippen molar-refractivity contribution in [3.8, 4) is 0 Å². The van der Waals surface area contributed by atoms with Crippen LogP contribution in [0.5, 0.6) is 0 Å².